The molecule has 19 heavy (non-hydrogen) atoms. The summed E-state index contributed by atoms with van der Waals surface area (Å²) in [4.78, 5) is 3.95. The summed E-state index contributed by atoms with van der Waals surface area (Å²) in [7, 11) is 0. The summed E-state index contributed by atoms with van der Waals surface area (Å²) >= 11 is 6.61. The number of hydrogen-bond donors (Lipinski definition) is 1. The van der Waals surface area contributed by atoms with Gasteiger partial charge in [0.1, 0.15) is 5.82 Å². The quantitative estimate of drug-likeness (QED) is 0.943. The monoisotopic (exact) mass is 307 g/mol. The predicted octanol–water partition coefficient (Wildman–Crippen LogP) is 3.58. The van der Waals surface area contributed by atoms with Crippen molar-refractivity contribution in [2.24, 2.45) is 0 Å². The first-order chi connectivity index (χ1) is 8.86. The van der Waals surface area contributed by atoms with Gasteiger partial charge in [0.25, 0.3) is 0 Å². The van der Waals surface area contributed by atoms with E-state index in [0.717, 1.165) is 17.6 Å². The third-order valence-corrected chi connectivity index (χ3v) is 3.37. The lowest BCUT2D eigenvalue weighted by Crippen LogP contribution is -2.07. The maximum Gasteiger partial charge on any atom is 0.417 e. The van der Waals surface area contributed by atoms with Crippen molar-refractivity contribution >= 4 is 28.3 Å². The van der Waals surface area contributed by atoms with Gasteiger partial charge in [0.05, 0.1) is 10.6 Å². The predicted molar refractivity (Wildman–Crippen MR) is 68.2 cm³/mol. The molecule has 0 saturated heterocycles. The fourth-order valence-electron chi connectivity index (χ4n) is 1.57. The van der Waals surface area contributed by atoms with Gasteiger partial charge >= 0.3 is 6.18 Å². The second kappa shape index (κ2) is 5.34. The molecule has 0 atom stereocenters. The average Bonchev–Trinajstić information content (AvgIpc) is 2.72. The number of nitrogen functional groups attached to an aromatic ring is 1. The minimum absolute atomic E-state index is 0.299. The maximum absolute atomic E-state index is 12.7. The molecule has 0 amide bonds. The Morgan fingerprint density at radius 3 is 2.58 bits per heavy atom. The molecule has 0 bridgehead atoms. The van der Waals surface area contributed by atoms with Gasteiger partial charge in [-0.2, -0.15) is 17.5 Å². The van der Waals surface area contributed by atoms with E-state index in [1.54, 1.807) is 6.07 Å². The molecule has 8 heteroatoms. The van der Waals surface area contributed by atoms with Gasteiger partial charge in [0.2, 0.25) is 0 Å². The lowest BCUT2D eigenvalue weighted by Gasteiger charge is -2.10. The van der Waals surface area contributed by atoms with Crippen LogP contribution in [0, 0.1) is 0 Å². The standard InChI is InChI=1S/C11H9ClF3N3S/c12-8-3-1-6(5-7(8)11(13,14)15)2-4-9-17-10(16)19-18-9/h1,3,5H,2,4H2,(H2,16,17,18). The van der Waals surface area contributed by atoms with E-state index in [0.29, 0.717) is 29.4 Å². The van der Waals surface area contributed by atoms with Crippen molar-refractivity contribution in [1.29, 1.82) is 0 Å². The average molecular weight is 308 g/mol. The van der Waals surface area contributed by atoms with E-state index in [2.05, 4.69) is 9.36 Å². The van der Waals surface area contributed by atoms with Gasteiger partial charge in [-0.25, -0.2) is 4.98 Å². The second-order valence-corrected chi connectivity index (χ2v) is 5.05. The van der Waals surface area contributed by atoms with Crippen LogP contribution < -0.4 is 5.73 Å². The summed E-state index contributed by atoms with van der Waals surface area (Å²) in [6.07, 6.45) is -3.61. The van der Waals surface area contributed by atoms with Crippen molar-refractivity contribution in [3.05, 3.63) is 40.2 Å². The summed E-state index contributed by atoms with van der Waals surface area (Å²) in [5.74, 6) is 0.533. The molecular weight excluding hydrogens is 299 g/mol. The Morgan fingerprint density at radius 2 is 2.00 bits per heavy atom. The lowest BCUT2D eigenvalue weighted by atomic mass is 10.1. The van der Waals surface area contributed by atoms with Gasteiger partial charge in [0.15, 0.2) is 5.13 Å². The van der Waals surface area contributed by atoms with Crippen LogP contribution in [-0.4, -0.2) is 9.36 Å². The molecule has 0 radical (unpaired) electrons. The van der Waals surface area contributed by atoms with Gasteiger partial charge < -0.3 is 5.73 Å². The van der Waals surface area contributed by atoms with Gasteiger partial charge in [0, 0.05) is 18.0 Å². The minimum Gasteiger partial charge on any atom is -0.374 e. The summed E-state index contributed by atoms with van der Waals surface area (Å²) in [5.41, 5.74) is 5.14. The number of aryl methyl sites for hydroxylation is 2. The topological polar surface area (TPSA) is 51.8 Å². The Bertz CT molecular complexity index is 583. The van der Waals surface area contributed by atoms with E-state index in [-0.39, 0.29) is 5.02 Å². The van der Waals surface area contributed by atoms with Gasteiger partial charge in [-0.1, -0.05) is 17.7 Å². The Labute approximate surface area is 116 Å². The molecule has 0 saturated carbocycles. The first-order valence-electron chi connectivity index (χ1n) is 5.30. The molecule has 0 unspecified atom stereocenters. The lowest BCUT2D eigenvalue weighted by molar-refractivity contribution is -0.137. The first-order valence-corrected chi connectivity index (χ1v) is 6.45. The molecule has 0 aliphatic heterocycles. The normalized spacial score (nSPS) is 11.8. The van der Waals surface area contributed by atoms with Gasteiger partial charge in [-0.3, -0.25) is 0 Å². The van der Waals surface area contributed by atoms with E-state index in [4.69, 9.17) is 17.3 Å². The highest BCUT2D eigenvalue weighted by Crippen LogP contribution is 2.35. The number of benzene rings is 1. The molecule has 1 aromatic heterocycles. The Balaban J connectivity index is 2.13. The molecule has 2 aromatic rings. The van der Waals surface area contributed by atoms with Crippen molar-refractivity contribution < 1.29 is 13.2 Å². The third-order valence-electron chi connectivity index (χ3n) is 2.46. The zero-order chi connectivity index (χ0) is 14.0. The van der Waals surface area contributed by atoms with Crippen LogP contribution in [0.5, 0.6) is 0 Å². The summed E-state index contributed by atoms with van der Waals surface area (Å²) in [6.45, 7) is 0. The first kappa shape index (κ1) is 14.1. The Kier molecular flexibility index (Phi) is 3.96. The van der Waals surface area contributed by atoms with Crippen LogP contribution in [0.4, 0.5) is 18.3 Å². The zero-order valence-corrected chi connectivity index (χ0v) is 11.1. The summed E-state index contributed by atoms with van der Waals surface area (Å²) < 4.78 is 42.0. The molecular formula is C11H9ClF3N3S. The Hall–Kier alpha value is -1.34. The SMILES string of the molecule is Nc1nc(CCc2ccc(Cl)c(C(F)(F)F)c2)ns1. The molecule has 2 rings (SSSR count). The summed E-state index contributed by atoms with van der Waals surface area (Å²) in [5, 5.41) is 0.0503. The number of nitrogens with zero attached hydrogens (tertiary/aromatic N) is 2. The molecule has 102 valence electrons. The van der Waals surface area contributed by atoms with E-state index in [1.165, 1.54) is 6.07 Å². The zero-order valence-electron chi connectivity index (χ0n) is 9.54. The minimum atomic E-state index is -4.45. The molecule has 0 fully saturated rings. The van der Waals surface area contributed by atoms with E-state index in [9.17, 15) is 13.2 Å². The highest BCUT2D eigenvalue weighted by Gasteiger charge is 2.33. The summed E-state index contributed by atoms with van der Waals surface area (Å²) in [6, 6.07) is 3.87. The smallest absolute Gasteiger partial charge is 0.374 e. The maximum atomic E-state index is 12.7. The number of rotatable bonds is 3. The highest BCUT2D eigenvalue weighted by molar-refractivity contribution is 7.09. The van der Waals surface area contributed by atoms with Gasteiger partial charge in [-0.15, -0.1) is 0 Å². The number of anilines is 1. The number of alkyl halides is 3. The third kappa shape index (κ3) is 3.57. The molecule has 1 heterocycles. The van der Waals surface area contributed by atoms with Crippen LogP contribution in [-0.2, 0) is 19.0 Å². The molecule has 0 aliphatic rings. The van der Waals surface area contributed by atoms with Gasteiger partial charge in [-0.05, 0) is 24.1 Å². The molecule has 3 nitrogen and oxygen atoms in total. The number of halogens is 4. The number of hydrogen-bond acceptors (Lipinski definition) is 4. The second-order valence-electron chi connectivity index (χ2n) is 3.86. The van der Waals surface area contributed by atoms with Crippen molar-refractivity contribution in [3.8, 4) is 0 Å². The van der Waals surface area contributed by atoms with Crippen LogP contribution >= 0.6 is 23.1 Å². The van der Waals surface area contributed by atoms with Crippen LogP contribution in [0.1, 0.15) is 17.0 Å². The molecule has 1 aromatic carbocycles. The van der Waals surface area contributed by atoms with Crippen LogP contribution in [0.3, 0.4) is 0 Å². The highest BCUT2D eigenvalue weighted by atomic mass is 35.5. The largest absolute Gasteiger partial charge is 0.417 e. The Morgan fingerprint density at radius 1 is 1.26 bits per heavy atom. The van der Waals surface area contributed by atoms with Crippen LogP contribution in [0.2, 0.25) is 5.02 Å². The fraction of sp³-hybridized carbons (Fsp3) is 0.273. The van der Waals surface area contributed by atoms with Crippen LogP contribution in [0.25, 0.3) is 0 Å². The number of aromatic nitrogens is 2. The van der Waals surface area contributed by atoms with Crippen molar-refractivity contribution in [2.75, 3.05) is 5.73 Å². The van der Waals surface area contributed by atoms with Crippen LogP contribution in [0.15, 0.2) is 18.2 Å². The molecule has 0 spiro atoms. The van der Waals surface area contributed by atoms with E-state index >= 15 is 0 Å². The van der Waals surface area contributed by atoms with E-state index in [1.807, 2.05) is 0 Å². The van der Waals surface area contributed by atoms with Crippen molar-refractivity contribution in [1.82, 2.24) is 9.36 Å². The van der Waals surface area contributed by atoms with Crippen molar-refractivity contribution in [2.45, 2.75) is 19.0 Å². The molecule has 0 aliphatic carbocycles. The molecule has 2 N–H and O–H groups in total. The fourth-order valence-corrected chi connectivity index (χ4v) is 2.27. The van der Waals surface area contributed by atoms with E-state index < -0.39 is 11.7 Å². The number of nitrogens with two attached hydrogens (primary N) is 1. The van der Waals surface area contributed by atoms with Crippen molar-refractivity contribution in [3.63, 3.8) is 0 Å².